The topological polar surface area (TPSA) is 65.3 Å². The lowest BCUT2D eigenvalue weighted by Gasteiger charge is -2.03. The number of rotatable bonds is 2. The molecule has 0 saturated carbocycles. The van der Waals surface area contributed by atoms with E-state index >= 15 is 0 Å². The summed E-state index contributed by atoms with van der Waals surface area (Å²) in [5.41, 5.74) is 0.352. The molecule has 5 nitrogen and oxygen atoms in total. The number of nitro groups is 1. The first-order chi connectivity index (χ1) is 7.61. The van der Waals surface area contributed by atoms with Gasteiger partial charge in [0.2, 0.25) is 0 Å². The van der Waals surface area contributed by atoms with Crippen molar-refractivity contribution in [2.24, 2.45) is 0 Å². The second-order valence-corrected chi connectivity index (χ2v) is 4.21. The van der Waals surface area contributed by atoms with Crippen LogP contribution in [-0.2, 0) is 0 Å². The number of hydrogen-bond donors (Lipinski definition) is 0. The maximum absolute atomic E-state index is 10.9. The molecule has 0 atom stereocenters. The van der Waals surface area contributed by atoms with Gasteiger partial charge in [-0.15, -0.1) is 0 Å². The van der Waals surface area contributed by atoms with Crippen LogP contribution in [0.2, 0.25) is 0 Å². The van der Waals surface area contributed by atoms with Crippen LogP contribution in [-0.4, -0.2) is 17.0 Å². The van der Waals surface area contributed by atoms with Gasteiger partial charge in [-0.3, -0.25) is 10.1 Å². The van der Waals surface area contributed by atoms with Crippen molar-refractivity contribution in [1.82, 2.24) is 4.98 Å². The van der Waals surface area contributed by atoms with Gasteiger partial charge in [0.25, 0.3) is 5.69 Å². The Kier molecular flexibility index (Phi) is 2.90. The van der Waals surface area contributed by atoms with E-state index in [2.05, 4.69) is 4.98 Å². The Balaban J connectivity index is 2.82. The summed E-state index contributed by atoms with van der Waals surface area (Å²) in [6, 6.07) is 6.70. The van der Waals surface area contributed by atoms with E-state index in [-0.39, 0.29) is 5.69 Å². The fourth-order valence-corrected chi connectivity index (χ4v) is 1.84. The number of halogens is 1. The maximum Gasteiger partial charge on any atom is 0.299 e. The highest BCUT2D eigenvalue weighted by molar-refractivity contribution is 14.1. The van der Waals surface area contributed by atoms with Crippen LogP contribution in [0.25, 0.3) is 10.9 Å². The highest BCUT2D eigenvalue weighted by Gasteiger charge is 2.15. The molecule has 0 aliphatic heterocycles. The lowest BCUT2D eigenvalue weighted by atomic mass is 10.2. The van der Waals surface area contributed by atoms with Crippen LogP contribution in [0, 0.1) is 13.8 Å². The number of nitro benzene ring substituents is 1. The second kappa shape index (κ2) is 4.20. The number of fused-ring (bicyclic) bond motifs is 1. The summed E-state index contributed by atoms with van der Waals surface area (Å²) in [5.74, 6) is 0.460. The van der Waals surface area contributed by atoms with Crippen LogP contribution >= 0.6 is 22.6 Å². The molecule has 2 aromatic rings. The summed E-state index contributed by atoms with van der Waals surface area (Å²) in [4.78, 5) is 14.6. The number of benzene rings is 1. The van der Waals surface area contributed by atoms with Crippen molar-refractivity contribution in [1.29, 1.82) is 0 Å². The van der Waals surface area contributed by atoms with Crippen LogP contribution in [0.4, 0.5) is 5.69 Å². The van der Waals surface area contributed by atoms with Crippen molar-refractivity contribution in [3.63, 3.8) is 0 Å². The quantitative estimate of drug-likeness (QED) is 0.368. The summed E-state index contributed by atoms with van der Waals surface area (Å²) >= 11 is 2.02. The molecule has 0 aliphatic carbocycles. The summed E-state index contributed by atoms with van der Waals surface area (Å²) in [5, 5.41) is 11.6. The molecule has 0 saturated heterocycles. The zero-order valence-corrected chi connectivity index (χ0v) is 10.5. The Bertz CT molecular complexity index is 571. The van der Waals surface area contributed by atoms with E-state index in [1.807, 2.05) is 22.6 Å². The number of ether oxygens (including phenoxy) is 1. The average molecular weight is 330 g/mol. The molecule has 1 heterocycles. The monoisotopic (exact) mass is 330 g/mol. The van der Waals surface area contributed by atoms with Gasteiger partial charge >= 0.3 is 0 Å². The number of non-ortho nitro benzene ring substituents is 1. The SMILES string of the molecule is COc1cc([N+](=O)[O-])c2nc(I)ccc2c1. The fourth-order valence-electron chi connectivity index (χ4n) is 1.42. The smallest absolute Gasteiger partial charge is 0.299 e. The number of hydrogen-bond acceptors (Lipinski definition) is 4. The second-order valence-electron chi connectivity index (χ2n) is 3.11. The molecule has 1 aromatic carbocycles. The number of aromatic nitrogens is 1. The molecule has 0 fully saturated rings. The van der Waals surface area contributed by atoms with E-state index in [1.54, 1.807) is 18.2 Å². The Morgan fingerprint density at radius 1 is 1.44 bits per heavy atom. The average Bonchev–Trinajstić information content (AvgIpc) is 2.27. The van der Waals surface area contributed by atoms with Crippen LogP contribution in [0.15, 0.2) is 24.3 Å². The van der Waals surface area contributed by atoms with E-state index in [0.717, 1.165) is 3.70 Å². The van der Waals surface area contributed by atoms with E-state index in [1.165, 1.54) is 13.2 Å². The molecule has 0 unspecified atom stereocenters. The highest BCUT2D eigenvalue weighted by Crippen LogP contribution is 2.29. The molecule has 0 bridgehead atoms. The van der Waals surface area contributed by atoms with Crippen LogP contribution in [0.5, 0.6) is 5.75 Å². The van der Waals surface area contributed by atoms with Gasteiger partial charge in [0, 0.05) is 5.39 Å². The molecule has 2 rings (SSSR count). The third-order valence-corrected chi connectivity index (χ3v) is 2.75. The van der Waals surface area contributed by atoms with Crippen molar-refractivity contribution in [3.8, 4) is 5.75 Å². The van der Waals surface area contributed by atoms with E-state index in [9.17, 15) is 10.1 Å². The number of nitrogens with zero attached hydrogens (tertiary/aromatic N) is 2. The standard InChI is InChI=1S/C10H7IN2O3/c1-16-7-4-6-2-3-9(11)12-10(6)8(5-7)13(14)15/h2-5H,1H3. The minimum absolute atomic E-state index is 0.0344. The Morgan fingerprint density at radius 2 is 2.19 bits per heavy atom. The molecule has 0 amide bonds. The van der Waals surface area contributed by atoms with Crippen molar-refractivity contribution in [2.45, 2.75) is 0 Å². The maximum atomic E-state index is 10.9. The zero-order chi connectivity index (χ0) is 11.7. The predicted molar refractivity (Wildman–Crippen MR) is 67.7 cm³/mol. The lowest BCUT2D eigenvalue weighted by Crippen LogP contribution is -1.94. The molecule has 6 heteroatoms. The van der Waals surface area contributed by atoms with Crippen molar-refractivity contribution in [3.05, 3.63) is 38.1 Å². The summed E-state index contributed by atoms with van der Waals surface area (Å²) in [6.45, 7) is 0. The zero-order valence-electron chi connectivity index (χ0n) is 8.31. The van der Waals surface area contributed by atoms with Crippen LogP contribution in [0.1, 0.15) is 0 Å². The first-order valence-electron chi connectivity index (χ1n) is 4.40. The minimum atomic E-state index is -0.450. The van der Waals surface area contributed by atoms with Crippen molar-refractivity contribution in [2.75, 3.05) is 7.11 Å². The predicted octanol–water partition coefficient (Wildman–Crippen LogP) is 2.76. The van der Waals surface area contributed by atoms with Gasteiger partial charge in [0.05, 0.1) is 18.1 Å². The largest absolute Gasteiger partial charge is 0.496 e. The first kappa shape index (κ1) is 11.1. The molecule has 82 valence electrons. The molecule has 0 radical (unpaired) electrons. The van der Waals surface area contributed by atoms with Gasteiger partial charge in [-0.05, 0) is 40.8 Å². The normalized spacial score (nSPS) is 10.4. The number of methoxy groups -OCH3 is 1. The molecular formula is C10H7IN2O3. The van der Waals surface area contributed by atoms with Gasteiger partial charge in [0.1, 0.15) is 15.0 Å². The van der Waals surface area contributed by atoms with Crippen molar-refractivity contribution >= 4 is 39.2 Å². The molecule has 0 aliphatic rings. The molecule has 16 heavy (non-hydrogen) atoms. The molecule has 1 aromatic heterocycles. The molecule has 0 spiro atoms. The van der Waals surface area contributed by atoms with Gasteiger partial charge < -0.3 is 4.74 Å². The molecular weight excluding hydrogens is 323 g/mol. The van der Waals surface area contributed by atoms with E-state index in [0.29, 0.717) is 16.7 Å². The third kappa shape index (κ3) is 1.92. The lowest BCUT2D eigenvalue weighted by molar-refractivity contribution is -0.383. The Labute approximate surface area is 105 Å². The summed E-state index contributed by atoms with van der Waals surface area (Å²) in [6.07, 6.45) is 0. The first-order valence-corrected chi connectivity index (χ1v) is 5.48. The fraction of sp³-hybridized carbons (Fsp3) is 0.100. The Hall–Kier alpha value is -1.44. The van der Waals surface area contributed by atoms with Crippen LogP contribution in [0.3, 0.4) is 0 Å². The van der Waals surface area contributed by atoms with Gasteiger partial charge in [-0.1, -0.05) is 0 Å². The van der Waals surface area contributed by atoms with E-state index in [4.69, 9.17) is 4.74 Å². The van der Waals surface area contributed by atoms with E-state index < -0.39 is 4.92 Å². The summed E-state index contributed by atoms with van der Waals surface area (Å²) < 4.78 is 5.73. The number of pyridine rings is 1. The summed E-state index contributed by atoms with van der Waals surface area (Å²) in [7, 11) is 1.48. The minimum Gasteiger partial charge on any atom is -0.496 e. The van der Waals surface area contributed by atoms with Crippen molar-refractivity contribution < 1.29 is 9.66 Å². The van der Waals surface area contributed by atoms with Gasteiger partial charge in [0.15, 0.2) is 0 Å². The van der Waals surface area contributed by atoms with Gasteiger partial charge in [-0.2, -0.15) is 0 Å². The van der Waals surface area contributed by atoms with Gasteiger partial charge in [-0.25, -0.2) is 4.98 Å². The molecule has 0 N–H and O–H groups in total. The highest BCUT2D eigenvalue weighted by atomic mass is 127. The third-order valence-electron chi connectivity index (χ3n) is 2.14. The van der Waals surface area contributed by atoms with Crippen LogP contribution < -0.4 is 4.74 Å². The Morgan fingerprint density at radius 3 is 2.81 bits per heavy atom.